The summed E-state index contributed by atoms with van der Waals surface area (Å²) in [6, 6.07) is 0. The summed E-state index contributed by atoms with van der Waals surface area (Å²) in [5.41, 5.74) is -5.76. The molecule has 0 aromatic heterocycles. The van der Waals surface area contributed by atoms with E-state index in [-0.39, 0.29) is 189 Å². The van der Waals surface area contributed by atoms with E-state index in [1.54, 1.807) is 0 Å². The van der Waals surface area contributed by atoms with Crippen LogP contribution in [-0.4, -0.2) is 281 Å². The topological polar surface area (TPSA) is 311 Å². The van der Waals surface area contributed by atoms with Crippen LogP contribution < -0.4 is 0 Å². The molecule has 0 spiro atoms. The van der Waals surface area contributed by atoms with Crippen molar-refractivity contribution in [3.05, 3.63) is 0 Å². The monoisotopic (exact) mass is 674 g/mol. The number of aliphatic carboxylic acids is 6. The zero-order valence-corrected chi connectivity index (χ0v) is 15.5. The van der Waals surface area contributed by atoms with Gasteiger partial charge in [-0.15, -0.1) is 0 Å². The Hall–Kier alpha value is 3.19. The second-order valence-corrected chi connectivity index (χ2v) is 6.66. The number of phosphoric ester groups is 1. The van der Waals surface area contributed by atoms with E-state index in [9.17, 15) is 33.3 Å². The molecule has 0 aliphatic rings. The first-order valence-corrected chi connectivity index (χ1v) is 8.62. The van der Waals surface area contributed by atoms with Crippen LogP contribution in [0.5, 0.6) is 0 Å². The first-order valence-electron chi connectivity index (χ1n) is 7.09. The minimum absolute atomic E-state index is 0. The molecule has 17 nitrogen and oxygen atoms in total. The van der Waals surface area contributed by atoms with Crippen LogP contribution in [0.2, 0.25) is 0 Å². The number of hydrogen-bond donors (Lipinski definition) is 9. The number of rotatable bonds is 12. The third kappa shape index (κ3) is 27.1. The Labute approximate surface area is 345 Å². The molecule has 9 N–H and O–H groups in total. The summed E-state index contributed by atoms with van der Waals surface area (Å²) in [5, 5.41) is 59.3. The Balaban J connectivity index is -0.0000000803. The predicted octanol–water partition coefficient (Wildman–Crippen LogP) is -6.96. The summed E-state index contributed by atoms with van der Waals surface area (Å²) < 4.78 is 14.4. The molecule has 0 aromatic carbocycles. The molecule has 0 aliphatic heterocycles. The number of carboxylic acids is 6. The van der Waals surface area contributed by atoms with E-state index in [0.29, 0.717) is 0 Å². The molecule has 0 unspecified atom stereocenters. The second-order valence-electron chi connectivity index (χ2n) is 5.50. The van der Waals surface area contributed by atoms with E-state index in [2.05, 4.69) is 4.52 Å². The summed E-state index contributed by atoms with van der Waals surface area (Å²) in [6.45, 7) is 0. The Morgan fingerprint density at radius 1 is 0.571 bits per heavy atom. The Bertz CT molecular complexity index is 737. The van der Waals surface area contributed by atoms with Gasteiger partial charge in [0.1, 0.15) is 0 Å². The van der Waals surface area contributed by atoms with Gasteiger partial charge in [-0.3, -0.25) is 23.7 Å². The first kappa shape index (κ1) is 54.3. The maximum atomic E-state index is 10.8. The Morgan fingerprint density at radius 2 is 0.829 bits per heavy atom. The third-order valence-corrected chi connectivity index (χ3v) is 3.43. The number of carboxylic acid groups (broad SMARTS) is 6. The van der Waals surface area contributed by atoms with Crippen molar-refractivity contribution in [1.29, 1.82) is 0 Å². The van der Waals surface area contributed by atoms with Crippen LogP contribution in [0, 0.1) is 0 Å². The molecule has 23 heteroatoms. The third-order valence-electron chi connectivity index (χ3n) is 2.84. The molecule has 0 aliphatic carbocycles. The second kappa shape index (κ2) is 24.9. The molecule has 0 saturated carbocycles. The molecule has 0 aromatic rings. The number of phosphoric acid groups is 1. The summed E-state index contributed by atoms with van der Waals surface area (Å²) in [6.07, 6.45) is -5.09. The van der Waals surface area contributed by atoms with Crippen molar-refractivity contribution in [3.63, 3.8) is 0 Å². The van der Waals surface area contributed by atoms with E-state index in [4.69, 9.17) is 45.5 Å². The average molecular weight is 675 g/mol. The van der Waals surface area contributed by atoms with Gasteiger partial charge < -0.3 is 45.5 Å². The number of hydrogen-bond acceptors (Lipinski definition) is 9. The molecule has 35 heavy (non-hydrogen) atoms. The summed E-state index contributed by atoms with van der Waals surface area (Å²) in [5.74, 6) is -10.7. The summed E-state index contributed by atoms with van der Waals surface area (Å²) in [4.78, 5) is 79.0. The van der Waals surface area contributed by atoms with Crippen LogP contribution in [0.15, 0.2) is 0 Å². The maximum absolute atomic E-state index is 10.8. The molecule has 0 fully saturated rings. The van der Waals surface area contributed by atoms with Crippen molar-refractivity contribution in [2.24, 2.45) is 0 Å². The van der Waals surface area contributed by atoms with Crippen molar-refractivity contribution >= 4 is 232 Å². The Morgan fingerprint density at radius 3 is 0.971 bits per heavy atom. The molecule has 0 saturated heterocycles. The summed E-state index contributed by atoms with van der Waals surface area (Å²) >= 11 is 0. The fourth-order valence-electron chi connectivity index (χ4n) is 1.75. The van der Waals surface area contributed by atoms with Crippen LogP contribution >= 0.6 is 7.82 Å². The van der Waals surface area contributed by atoms with Gasteiger partial charge in [0.15, 0.2) is 11.2 Å². The van der Waals surface area contributed by atoms with Crippen molar-refractivity contribution in [2.75, 3.05) is 0 Å². The van der Waals surface area contributed by atoms with E-state index >= 15 is 0 Å². The molecular weight excluding hydrogens is 647 g/mol. The van der Waals surface area contributed by atoms with Gasteiger partial charge in [0, 0.05) is 0 Å². The predicted molar refractivity (Wildman–Crippen MR) is 128 cm³/mol. The zero-order valence-electron chi connectivity index (χ0n) is 14.6. The van der Waals surface area contributed by atoms with Crippen molar-refractivity contribution in [2.45, 2.75) is 36.9 Å². The van der Waals surface area contributed by atoms with Crippen LogP contribution in [0.25, 0.3) is 0 Å². The molecule has 0 bridgehead atoms. The van der Waals surface area contributed by atoms with Gasteiger partial charge in [-0.1, -0.05) is 0 Å². The number of carbonyl (C=O) groups is 6. The van der Waals surface area contributed by atoms with Gasteiger partial charge in [-0.05, 0) is 0 Å². The molecular formula is C12H27Ca5O17P. The van der Waals surface area contributed by atoms with Crippen LogP contribution in [0.3, 0.4) is 0 Å². The van der Waals surface area contributed by atoms with Crippen molar-refractivity contribution < 1.29 is 83.4 Å². The van der Waals surface area contributed by atoms with Gasteiger partial charge in [0.25, 0.3) is 0 Å². The molecule has 0 amide bonds. The van der Waals surface area contributed by atoms with Gasteiger partial charge in [-0.2, -0.15) is 0 Å². The van der Waals surface area contributed by atoms with Crippen molar-refractivity contribution in [1.82, 2.24) is 0 Å². The van der Waals surface area contributed by atoms with Gasteiger partial charge in [-0.25, -0.2) is 14.2 Å². The first-order chi connectivity index (χ1) is 13.3. The van der Waals surface area contributed by atoms with Crippen LogP contribution in [0.4, 0.5) is 0 Å². The van der Waals surface area contributed by atoms with Crippen LogP contribution in [-0.2, 0) is 37.9 Å². The zero-order chi connectivity index (χ0) is 24.5. The van der Waals surface area contributed by atoms with Crippen molar-refractivity contribution in [3.8, 4) is 0 Å². The molecule has 192 valence electrons. The van der Waals surface area contributed by atoms with E-state index < -0.39 is 80.5 Å². The van der Waals surface area contributed by atoms with E-state index in [1.807, 2.05) is 0 Å². The minimum atomic E-state index is -5.36. The SMILES string of the molecule is O=C(O)CC(CC(=O)O)(OP(=O)(O)O)C(=O)O.O=C(O)CC(O)(CC(=O)O)C(=O)O.[CaH2].[CaH2].[CaH2].[CaH2].[CaH2]. The Kier molecular flexibility index (Phi) is 38.7. The number of aliphatic hydroxyl groups is 1. The standard InChI is InChI=1S/C6H9O10P.C6H8O7.5Ca.10H/c7-3(8)1-6(5(11)12,2-4(9)10)16-17(13,14)15;7-3(8)1-6(13,5(11)12)2-4(9)10;;;;;;;;;;;;;;;/h1-2H2,(H,7,8)(H,9,10)(H,11,12)(H2,13,14,15);13H,1-2H2,(H,7,8)(H,9,10)(H,11,12);;;;;;;;;;;;;;;. The molecule has 0 radical (unpaired) electrons. The van der Waals surface area contributed by atoms with E-state index in [1.165, 1.54) is 0 Å². The van der Waals surface area contributed by atoms with Gasteiger partial charge in [0.05, 0.1) is 25.7 Å². The van der Waals surface area contributed by atoms with Gasteiger partial charge in [0.2, 0.25) is 0 Å². The van der Waals surface area contributed by atoms with Gasteiger partial charge >= 0.3 is 232 Å². The van der Waals surface area contributed by atoms with E-state index in [0.717, 1.165) is 0 Å². The fourth-order valence-corrected chi connectivity index (χ4v) is 2.41. The molecule has 0 rings (SSSR count). The quantitative estimate of drug-likeness (QED) is 0.0686. The summed E-state index contributed by atoms with van der Waals surface area (Å²) in [7, 11) is -5.36. The average Bonchev–Trinajstić information content (AvgIpc) is 2.41. The van der Waals surface area contributed by atoms with Crippen LogP contribution in [0.1, 0.15) is 25.7 Å². The molecule has 0 atom stereocenters. The molecule has 0 heterocycles. The fraction of sp³-hybridized carbons (Fsp3) is 0.500. The normalized spacial score (nSPS) is 9.91.